The molecule has 3 N–H and O–H groups in total. The fourth-order valence-electron chi connectivity index (χ4n) is 3.63. The maximum atomic E-state index is 13.7. The zero-order valence-corrected chi connectivity index (χ0v) is 18.5. The molecule has 176 valence electrons. The van der Waals surface area contributed by atoms with Gasteiger partial charge in [0.25, 0.3) is 5.91 Å². The van der Waals surface area contributed by atoms with E-state index in [1.165, 1.54) is 11.0 Å². The molecule has 0 radical (unpaired) electrons. The molecule has 0 fully saturated rings. The van der Waals surface area contributed by atoms with Crippen molar-refractivity contribution >= 4 is 40.4 Å². The Balaban J connectivity index is 1.67. The minimum atomic E-state index is -4.65. The molecule has 0 saturated carbocycles. The summed E-state index contributed by atoms with van der Waals surface area (Å²) >= 11 is 0. The molecule has 10 heteroatoms. The van der Waals surface area contributed by atoms with Crippen molar-refractivity contribution in [3.05, 3.63) is 71.4 Å². The molecular formula is C24H22F3N5O2. The summed E-state index contributed by atoms with van der Waals surface area (Å²) in [5.41, 5.74) is 1.54. The Morgan fingerprint density at radius 3 is 2.53 bits per heavy atom. The number of nitrogens with one attached hydrogen (secondary N) is 3. The van der Waals surface area contributed by atoms with Crippen molar-refractivity contribution in [3.8, 4) is 0 Å². The molecule has 3 aromatic rings. The fraction of sp³-hybridized carbons (Fsp3) is 0.208. The lowest BCUT2D eigenvalue weighted by atomic mass is 10.0. The summed E-state index contributed by atoms with van der Waals surface area (Å²) in [5.74, 6) is -0.210. The van der Waals surface area contributed by atoms with Gasteiger partial charge in [-0.3, -0.25) is 9.59 Å². The molecule has 1 aliphatic heterocycles. The van der Waals surface area contributed by atoms with Gasteiger partial charge in [-0.2, -0.15) is 13.2 Å². The van der Waals surface area contributed by atoms with Gasteiger partial charge in [0.1, 0.15) is 5.82 Å². The number of nitrogens with zero attached hydrogens (tertiary/aromatic N) is 2. The molecule has 0 atom stereocenters. The lowest BCUT2D eigenvalue weighted by Gasteiger charge is -2.20. The molecule has 2 amide bonds. The number of para-hydroxylation sites is 1. The highest BCUT2D eigenvalue weighted by atomic mass is 19.4. The third kappa shape index (κ3) is 4.95. The van der Waals surface area contributed by atoms with Gasteiger partial charge in [-0.25, -0.2) is 4.98 Å². The number of hydrogen-bond donors (Lipinski definition) is 3. The van der Waals surface area contributed by atoms with Gasteiger partial charge in [0, 0.05) is 44.2 Å². The quantitative estimate of drug-likeness (QED) is 0.480. The second-order valence-electron chi connectivity index (χ2n) is 8.03. The zero-order valence-electron chi connectivity index (χ0n) is 18.5. The Morgan fingerprint density at radius 2 is 1.79 bits per heavy atom. The molecule has 0 unspecified atom stereocenters. The van der Waals surface area contributed by atoms with Crippen LogP contribution in [0.2, 0.25) is 0 Å². The van der Waals surface area contributed by atoms with E-state index in [1.54, 1.807) is 50.5 Å². The van der Waals surface area contributed by atoms with Gasteiger partial charge in [-0.15, -0.1) is 0 Å². The molecular weight excluding hydrogens is 447 g/mol. The first-order valence-corrected chi connectivity index (χ1v) is 10.5. The Labute approximate surface area is 194 Å². The maximum Gasteiger partial charge on any atom is 0.419 e. The van der Waals surface area contributed by atoms with Crippen LogP contribution in [0, 0.1) is 0 Å². The summed E-state index contributed by atoms with van der Waals surface area (Å²) in [7, 11) is 3.14. The number of pyridine rings is 1. The topological polar surface area (TPSA) is 86.4 Å². The molecule has 2 aromatic carbocycles. The summed E-state index contributed by atoms with van der Waals surface area (Å²) in [6.07, 6.45) is -2.97. The van der Waals surface area contributed by atoms with Crippen molar-refractivity contribution in [1.29, 1.82) is 0 Å². The van der Waals surface area contributed by atoms with E-state index >= 15 is 0 Å². The van der Waals surface area contributed by atoms with Crippen molar-refractivity contribution in [3.63, 3.8) is 0 Å². The number of halogens is 3. The Kier molecular flexibility index (Phi) is 6.14. The second kappa shape index (κ2) is 9.05. The highest BCUT2D eigenvalue weighted by Crippen LogP contribution is 2.38. The number of carbonyl (C=O) groups is 2. The third-order valence-electron chi connectivity index (χ3n) is 5.32. The van der Waals surface area contributed by atoms with E-state index in [1.807, 2.05) is 6.07 Å². The number of alkyl halides is 3. The molecule has 0 spiro atoms. The van der Waals surface area contributed by atoms with Crippen LogP contribution in [0.4, 0.5) is 41.7 Å². The summed E-state index contributed by atoms with van der Waals surface area (Å²) < 4.78 is 41.1. The average molecular weight is 469 g/mol. The predicted molar refractivity (Wildman–Crippen MR) is 124 cm³/mol. The van der Waals surface area contributed by atoms with E-state index < -0.39 is 11.7 Å². The number of carbonyl (C=O) groups excluding carboxylic acids is 2. The van der Waals surface area contributed by atoms with Crippen molar-refractivity contribution in [2.45, 2.75) is 19.0 Å². The van der Waals surface area contributed by atoms with Gasteiger partial charge in [0.2, 0.25) is 5.91 Å². The van der Waals surface area contributed by atoms with Crippen LogP contribution in [-0.4, -0.2) is 35.8 Å². The van der Waals surface area contributed by atoms with Crippen LogP contribution in [0.15, 0.2) is 54.7 Å². The first-order valence-electron chi connectivity index (χ1n) is 10.5. The van der Waals surface area contributed by atoms with Gasteiger partial charge in [0.15, 0.2) is 0 Å². The van der Waals surface area contributed by atoms with Crippen molar-refractivity contribution < 1.29 is 22.8 Å². The molecule has 2 heterocycles. The molecule has 4 rings (SSSR count). The number of hydrogen-bond acceptors (Lipinski definition) is 5. The smallest absolute Gasteiger partial charge is 0.354 e. The molecule has 0 bridgehead atoms. The number of aryl methyl sites for hydroxylation is 1. The SMILES string of the molecule is CN(C)C(=O)c1ccccc1Nc1cc(Nc2ccc3c(c2)CCC(=O)N3)ncc1C(F)(F)F. The largest absolute Gasteiger partial charge is 0.419 e. The van der Waals surface area contributed by atoms with Crippen molar-refractivity contribution in [2.75, 3.05) is 30.0 Å². The van der Waals surface area contributed by atoms with Crippen LogP contribution in [-0.2, 0) is 17.4 Å². The average Bonchev–Trinajstić information content (AvgIpc) is 2.78. The van der Waals surface area contributed by atoms with E-state index in [-0.39, 0.29) is 34.6 Å². The van der Waals surface area contributed by atoms with Crippen molar-refractivity contribution in [2.24, 2.45) is 0 Å². The van der Waals surface area contributed by atoms with Gasteiger partial charge in [-0.1, -0.05) is 12.1 Å². The number of amides is 2. The van der Waals surface area contributed by atoms with Crippen LogP contribution in [0.5, 0.6) is 0 Å². The Morgan fingerprint density at radius 1 is 1.03 bits per heavy atom. The Hall–Kier alpha value is -4.08. The van der Waals surface area contributed by atoms with Crippen LogP contribution in [0.3, 0.4) is 0 Å². The van der Waals surface area contributed by atoms with E-state index in [4.69, 9.17) is 0 Å². The number of fused-ring (bicyclic) bond motifs is 1. The van der Waals surface area contributed by atoms with Gasteiger partial charge < -0.3 is 20.9 Å². The number of anilines is 5. The van der Waals surface area contributed by atoms with E-state index in [9.17, 15) is 22.8 Å². The first kappa shape index (κ1) is 23.1. The summed E-state index contributed by atoms with van der Waals surface area (Å²) in [6, 6.07) is 12.9. The van der Waals surface area contributed by atoms with Crippen molar-refractivity contribution in [1.82, 2.24) is 9.88 Å². The molecule has 1 aromatic heterocycles. The highest BCUT2D eigenvalue weighted by molar-refractivity contribution is 6.00. The van der Waals surface area contributed by atoms with Crippen LogP contribution in [0.1, 0.15) is 27.9 Å². The van der Waals surface area contributed by atoms with E-state index in [0.717, 1.165) is 11.8 Å². The number of rotatable bonds is 5. The van der Waals surface area contributed by atoms with Gasteiger partial charge in [-0.05, 0) is 42.3 Å². The maximum absolute atomic E-state index is 13.7. The molecule has 0 aliphatic carbocycles. The first-order chi connectivity index (χ1) is 16.1. The minimum absolute atomic E-state index is 0.0543. The monoisotopic (exact) mass is 469 g/mol. The normalized spacial score (nSPS) is 13.0. The molecule has 0 saturated heterocycles. The van der Waals surface area contributed by atoms with Gasteiger partial charge >= 0.3 is 6.18 Å². The number of benzene rings is 2. The molecule has 1 aliphatic rings. The lowest BCUT2D eigenvalue weighted by molar-refractivity contribution is -0.137. The Bertz CT molecular complexity index is 1260. The standard InChI is InChI=1S/C24H22F3N5O2/c1-32(2)23(34)16-5-3-4-6-19(16)30-20-12-21(28-13-17(20)24(25,26)27)29-15-8-9-18-14(11-15)7-10-22(33)31-18/h3-6,8-9,11-13H,7,10H2,1-2H3,(H,31,33)(H2,28,29,30). The summed E-state index contributed by atoms with van der Waals surface area (Å²) in [6.45, 7) is 0. The third-order valence-corrected chi connectivity index (χ3v) is 5.32. The molecule has 7 nitrogen and oxygen atoms in total. The summed E-state index contributed by atoms with van der Waals surface area (Å²) in [5, 5.41) is 8.57. The lowest BCUT2D eigenvalue weighted by Crippen LogP contribution is -2.22. The van der Waals surface area contributed by atoms with E-state index in [0.29, 0.717) is 24.2 Å². The van der Waals surface area contributed by atoms with Gasteiger partial charge in [0.05, 0.1) is 22.5 Å². The van der Waals surface area contributed by atoms with Crippen LogP contribution in [0.25, 0.3) is 0 Å². The zero-order chi connectivity index (χ0) is 24.5. The fourth-order valence-corrected chi connectivity index (χ4v) is 3.63. The second-order valence-corrected chi connectivity index (χ2v) is 8.03. The minimum Gasteiger partial charge on any atom is -0.354 e. The number of aromatic nitrogens is 1. The summed E-state index contributed by atoms with van der Waals surface area (Å²) in [4.78, 5) is 29.3. The van der Waals surface area contributed by atoms with E-state index in [2.05, 4.69) is 20.9 Å². The van der Waals surface area contributed by atoms with Crippen LogP contribution < -0.4 is 16.0 Å². The predicted octanol–water partition coefficient (Wildman–Crippen LogP) is 5.17. The molecule has 34 heavy (non-hydrogen) atoms. The highest BCUT2D eigenvalue weighted by Gasteiger charge is 2.34. The van der Waals surface area contributed by atoms with Crippen LogP contribution >= 0.6 is 0 Å².